The summed E-state index contributed by atoms with van der Waals surface area (Å²) in [5.74, 6) is 0. The summed E-state index contributed by atoms with van der Waals surface area (Å²) in [4.78, 5) is 5.00. The highest BCUT2D eigenvalue weighted by atomic mass is 15.3. The molecular weight excluding hydrogens is 248 g/mol. The van der Waals surface area contributed by atoms with Gasteiger partial charge in [0.25, 0.3) is 0 Å². The van der Waals surface area contributed by atoms with Gasteiger partial charge in [-0.3, -0.25) is 10.2 Å². The molecule has 0 amide bonds. The number of likely N-dealkylation sites (N-methyl/N-ethyl adjacent to an activating group) is 1. The van der Waals surface area contributed by atoms with Gasteiger partial charge in [0.15, 0.2) is 0 Å². The molecule has 0 radical (unpaired) electrons. The van der Waals surface area contributed by atoms with E-state index in [0.717, 1.165) is 26.1 Å². The Balaban J connectivity index is 2.61. The largest absolute Gasteiger partial charge is 0.301 e. The van der Waals surface area contributed by atoms with Crippen LogP contribution < -0.4 is 5.32 Å². The molecule has 0 saturated carbocycles. The van der Waals surface area contributed by atoms with Crippen LogP contribution in [0.3, 0.4) is 0 Å². The average Bonchev–Trinajstić information content (AvgIpc) is 2.38. The van der Waals surface area contributed by atoms with E-state index in [-0.39, 0.29) is 0 Å². The topological polar surface area (TPSA) is 42.3 Å². The summed E-state index contributed by atoms with van der Waals surface area (Å²) in [6.07, 6.45) is 2.07. The number of hydrogen-bond acceptors (Lipinski definition) is 4. The lowest BCUT2D eigenvalue weighted by molar-refractivity contribution is 0.0585. The van der Waals surface area contributed by atoms with Crippen LogP contribution in [0.4, 0.5) is 0 Å². The first-order chi connectivity index (χ1) is 9.31. The molecule has 1 aliphatic rings. The Kier molecular flexibility index (Phi) is 6.44. The molecule has 0 aromatic rings. The van der Waals surface area contributed by atoms with Crippen molar-refractivity contribution in [1.82, 2.24) is 15.1 Å². The molecule has 0 aromatic carbocycles. The third kappa shape index (κ3) is 4.73. The minimum atomic E-state index is -0.432. The van der Waals surface area contributed by atoms with E-state index in [4.69, 9.17) is 0 Å². The molecule has 1 fully saturated rings. The number of piperazine rings is 1. The Hall–Kier alpha value is -0.630. The highest BCUT2D eigenvalue weighted by molar-refractivity contribution is 5.06. The van der Waals surface area contributed by atoms with Gasteiger partial charge in [0.1, 0.15) is 5.54 Å². The Bertz CT molecular complexity index is 336. The fourth-order valence-corrected chi connectivity index (χ4v) is 3.31. The van der Waals surface area contributed by atoms with E-state index in [1.165, 1.54) is 6.42 Å². The number of nitrogens with zero attached hydrogens (tertiary/aromatic N) is 3. The maximum atomic E-state index is 9.48. The molecule has 0 aromatic heterocycles. The van der Waals surface area contributed by atoms with Crippen LogP contribution in [0.5, 0.6) is 0 Å². The second-order valence-electron chi connectivity index (χ2n) is 6.83. The van der Waals surface area contributed by atoms with Crippen LogP contribution >= 0.6 is 0 Å². The fourth-order valence-electron chi connectivity index (χ4n) is 3.31. The lowest BCUT2D eigenvalue weighted by atomic mass is 9.92. The quantitative estimate of drug-likeness (QED) is 0.809. The van der Waals surface area contributed by atoms with E-state index in [1.807, 2.05) is 6.92 Å². The first kappa shape index (κ1) is 17.4. The van der Waals surface area contributed by atoms with Crippen LogP contribution in [0.2, 0.25) is 0 Å². The standard InChI is InChI=1S/C16H32N4/c1-7-15-11-20(9-8-19(15)6)14(4)10-16(5,12-17)18-13(2)3/h13-15,18H,7-11H2,1-6H3. The molecule has 1 saturated heterocycles. The van der Waals surface area contributed by atoms with E-state index in [2.05, 4.69) is 55.9 Å². The van der Waals surface area contributed by atoms with E-state index in [1.54, 1.807) is 0 Å². The molecule has 0 spiro atoms. The first-order valence-corrected chi connectivity index (χ1v) is 7.94. The predicted molar refractivity (Wildman–Crippen MR) is 84.7 cm³/mol. The smallest absolute Gasteiger partial charge is 0.105 e. The molecule has 116 valence electrons. The van der Waals surface area contributed by atoms with E-state index in [9.17, 15) is 5.26 Å². The molecule has 0 bridgehead atoms. The van der Waals surface area contributed by atoms with Gasteiger partial charge in [-0.05, 0) is 47.6 Å². The van der Waals surface area contributed by atoms with Gasteiger partial charge >= 0.3 is 0 Å². The highest BCUT2D eigenvalue weighted by Crippen LogP contribution is 2.20. The van der Waals surface area contributed by atoms with Gasteiger partial charge in [-0.25, -0.2) is 0 Å². The van der Waals surface area contributed by atoms with Gasteiger partial charge in [-0.2, -0.15) is 5.26 Å². The summed E-state index contributed by atoms with van der Waals surface area (Å²) in [5, 5.41) is 12.9. The normalized spacial score (nSPS) is 26.2. The van der Waals surface area contributed by atoms with Crippen LogP contribution in [0, 0.1) is 11.3 Å². The molecule has 4 nitrogen and oxygen atoms in total. The molecule has 3 unspecified atom stereocenters. The predicted octanol–water partition coefficient (Wildman–Crippen LogP) is 2.07. The lowest BCUT2D eigenvalue weighted by Crippen LogP contribution is -2.56. The molecule has 1 aliphatic heterocycles. The maximum absolute atomic E-state index is 9.48. The Labute approximate surface area is 125 Å². The second-order valence-corrected chi connectivity index (χ2v) is 6.83. The minimum Gasteiger partial charge on any atom is -0.301 e. The van der Waals surface area contributed by atoms with Crippen molar-refractivity contribution in [2.45, 2.75) is 71.1 Å². The Morgan fingerprint density at radius 3 is 2.50 bits per heavy atom. The summed E-state index contributed by atoms with van der Waals surface area (Å²) in [7, 11) is 2.22. The third-order valence-electron chi connectivity index (χ3n) is 4.46. The molecule has 20 heavy (non-hydrogen) atoms. The molecule has 4 heteroatoms. The zero-order chi connectivity index (χ0) is 15.3. The van der Waals surface area contributed by atoms with Crippen molar-refractivity contribution < 1.29 is 0 Å². The fraction of sp³-hybridized carbons (Fsp3) is 0.938. The van der Waals surface area contributed by atoms with E-state index in [0.29, 0.717) is 18.1 Å². The van der Waals surface area contributed by atoms with E-state index >= 15 is 0 Å². The average molecular weight is 280 g/mol. The van der Waals surface area contributed by atoms with Crippen molar-refractivity contribution in [2.75, 3.05) is 26.7 Å². The van der Waals surface area contributed by atoms with Crippen LogP contribution in [0.25, 0.3) is 0 Å². The molecule has 0 aliphatic carbocycles. The van der Waals surface area contributed by atoms with Crippen molar-refractivity contribution in [3.05, 3.63) is 0 Å². The zero-order valence-electron chi connectivity index (χ0n) is 14.1. The Morgan fingerprint density at radius 1 is 1.35 bits per heavy atom. The zero-order valence-corrected chi connectivity index (χ0v) is 14.1. The summed E-state index contributed by atoms with van der Waals surface area (Å²) in [6.45, 7) is 14.1. The van der Waals surface area contributed by atoms with Gasteiger partial charge in [0.05, 0.1) is 6.07 Å². The van der Waals surface area contributed by atoms with Crippen molar-refractivity contribution in [3.63, 3.8) is 0 Å². The molecule has 1 rings (SSSR count). The minimum absolute atomic E-state index is 0.336. The van der Waals surface area contributed by atoms with Gasteiger partial charge in [0.2, 0.25) is 0 Å². The van der Waals surface area contributed by atoms with Crippen LogP contribution in [0.1, 0.15) is 47.5 Å². The van der Waals surface area contributed by atoms with Crippen LogP contribution in [-0.2, 0) is 0 Å². The summed E-state index contributed by atoms with van der Waals surface area (Å²) < 4.78 is 0. The number of hydrogen-bond donors (Lipinski definition) is 1. The van der Waals surface area contributed by atoms with Crippen molar-refractivity contribution >= 4 is 0 Å². The molecule has 1 N–H and O–H groups in total. The van der Waals surface area contributed by atoms with Crippen molar-refractivity contribution in [3.8, 4) is 6.07 Å². The van der Waals surface area contributed by atoms with Crippen molar-refractivity contribution in [2.24, 2.45) is 0 Å². The molecular formula is C16H32N4. The van der Waals surface area contributed by atoms with Gasteiger partial charge in [-0.15, -0.1) is 0 Å². The molecule has 1 heterocycles. The van der Waals surface area contributed by atoms with Crippen LogP contribution in [-0.4, -0.2) is 60.1 Å². The van der Waals surface area contributed by atoms with Crippen molar-refractivity contribution in [1.29, 1.82) is 5.26 Å². The molecule has 3 atom stereocenters. The summed E-state index contributed by atoms with van der Waals surface area (Å²) in [5.41, 5.74) is -0.432. The Morgan fingerprint density at radius 2 is 2.00 bits per heavy atom. The summed E-state index contributed by atoms with van der Waals surface area (Å²) in [6, 6.07) is 3.89. The monoisotopic (exact) mass is 280 g/mol. The number of rotatable bonds is 6. The maximum Gasteiger partial charge on any atom is 0.105 e. The lowest BCUT2D eigenvalue weighted by Gasteiger charge is -2.43. The van der Waals surface area contributed by atoms with Gasteiger partial charge < -0.3 is 4.90 Å². The number of nitrogens with one attached hydrogen (secondary N) is 1. The second kappa shape index (κ2) is 7.40. The van der Waals surface area contributed by atoms with E-state index < -0.39 is 5.54 Å². The first-order valence-electron chi connectivity index (χ1n) is 7.94. The third-order valence-corrected chi connectivity index (χ3v) is 4.46. The van der Waals surface area contributed by atoms with Crippen LogP contribution in [0.15, 0.2) is 0 Å². The van der Waals surface area contributed by atoms with Gasteiger partial charge in [-0.1, -0.05) is 6.92 Å². The number of nitriles is 1. The SMILES string of the molecule is CCC1CN(C(C)CC(C)(C#N)NC(C)C)CCN1C. The summed E-state index contributed by atoms with van der Waals surface area (Å²) >= 11 is 0. The highest BCUT2D eigenvalue weighted by Gasteiger charge is 2.32. The van der Waals surface area contributed by atoms with Gasteiger partial charge in [0, 0.05) is 37.8 Å².